The van der Waals surface area contributed by atoms with Crippen molar-refractivity contribution in [3.05, 3.63) is 27.7 Å². The second kappa shape index (κ2) is 6.75. The lowest BCUT2D eigenvalue weighted by Gasteiger charge is -2.12. The summed E-state index contributed by atoms with van der Waals surface area (Å²) in [7, 11) is 0. The van der Waals surface area contributed by atoms with Crippen LogP contribution in [0, 0.1) is 0 Å². The molecule has 0 aromatic heterocycles. The van der Waals surface area contributed by atoms with E-state index < -0.39 is 5.97 Å². The highest BCUT2D eigenvalue weighted by Crippen LogP contribution is 2.30. The zero-order valence-electron chi connectivity index (χ0n) is 10.5. The van der Waals surface area contributed by atoms with Crippen molar-refractivity contribution in [2.45, 2.75) is 19.9 Å². The van der Waals surface area contributed by atoms with Crippen LogP contribution in [0.25, 0.3) is 0 Å². The van der Waals surface area contributed by atoms with Gasteiger partial charge in [0, 0.05) is 11.1 Å². The second-order valence-electron chi connectivity index (χ2n) is 4.20. The average molecular weight is 305 g/mol. The zero-order valence-corrected chi connectivity index (χ0v) is 12.0. The highest BCUT2D eigenvalue weighted by Gasteiger charge is 2.17. The van der Waals surface area contributed by atoms with Crippen molar-refractivity contribution in [3.8, 4) is 0 Å². The molecular weight excluding hydrogens is 291 g/mol. The van der Waals surface area contributed by atoms with Crippen LogP contribution in [0.2, 0.25) is 10.0 Å². The van der Waals surface area contributed by atoms with Crippen LogP contribution in [-0.4, -0.2) is 29.6 Å². The molecule has 0 aliphatic heterocycles. The molecule has 1 aromatic rings. The molecule has 5 nitrogen and oxygen atoms in total. The second-order valence-corrected chi connectivity index (χ2v) is 5.04. The van der Waals surface area contributed by atoms with Gasteiger partial charge in [0.2, 0.25) is 5.91 Å². The Kier molecular flexibility index (Phi) is 5.60. The molecule has 0 saturated carbocycles. The predicted octanol–water partition coefficient (Wildman–Crippen LogP) is 2.63. The normalized spacial score (nSPS) is 10.6. The lowest BCUT2D eigenvalue weighted by Crippen LogP contribution is -2.33. The number of rotatable bonds is 5. The molecule has 0 aliphatic carbocycles. The van der Waals surface area contributed by atoms with E-state index in [9.17, 15) is 9.59 Å². The van der Waals surface area contributed by atoms with E-state index in [1.165, 1.54) is 12.1 Å². The summed E-state index contributed by atoms with van der Waals surface area (Å²) in [5.74, 6) is -1.59. The van der Waals surface area contributed by atoms with Gasteiger partial charge < -0.3 is 15.7 Å². The van der Waals surface area contributed by atoms with E-state index in [-0.39, 0.29) is 39.8 Å². The summed E-state index contributed by atoms with van der Waals surface area (Å²) < 4.78 is 0. The molecule has 0 heterocycles. The minimum Gasteiger partial charge on any atom is -0.478 e. The third-order valence-electron chi connectivity index (χ3n) is 2.22. The van der Waals surface area contributed by atoms with Crippen LogP contribution in [-0.2, 0) is 4.79 Å². The van der Waals surface area contributed by atoms with Crippen molar-refractivity contribution in [1.82, 2.24) is 5.32 Å². The standard InChI is InChI=1S/C12H14Cl2N2O3/c1-6(2)15-5-10(17)16-11-8(12(18)19)3-7(13)4-9(11)14/h3-4,6,15H,5H2,1-2H3,(H,16,17)(H,18,19). The van der Waals surface area contributed by atoms with E-state index in [2.05, 4.69) is 10.6 Å². The number of benzene rings is 1. The number of aromatic carboxylic acids is 1. The Morgan fingerprint density at radius 1 is 1.32 bits per heavy atom. The van der Waals surface area contributed by atoms with Gasteiger partial charge in [-0.2, -0.15) is 0 Å². The van der Waals surface area contributed by atoms with Crippen LogP contribution >= 0.6 is 23.2 Å². The Bertz CT molecular complexity index is 504. The van der Waals surface area contributed by atoms with Crippen LogP contribution in [0.1, 0.15) is 24.2 Å². The molecule has 1 aromatic carbocycles. The Hall–Kier alpha value is -1.30. The molecule has 0 radical (unpaired) electrons. The van der Waals surface area contributed by atoms with Crippen LogP contribution < -0.4 is 10.6 Å². The topological polar surface area (TPSA) is 78.4 Å². The molecular formula is C12H14Cl2N2O3. The van der Waals surface area contributed by atoms with E-state index in [1.807, 2.05) is 13.8 Å². The number of anilines is 1. The number of nitrogens with one attached hydrogen (secondary N) is 2. The fourth-order valence-electron chi connectivity index (χ4n) is 1.35. The first-order valence-corrected chi connectivity index (χ1v) is 6.32. The lowest BCUT2D eigenvalue weighted by molar-refractivity contribution is -0.115. The predicted molar refractivity (Wildman–Crippen MR) is 75.2 cm³/mol. The molecule has 1 rings (SSSR count). The van der Waals surface area contributed by atoms with Gasteiger partial charge in [0.15, 0.2) is 0 Å². The first kappa shape index (κ1) is 15.8. The Balaban J connectivity index is 2.94. The van der Waals surface area contributed by atoms with Crippen LogP contribution in [0.4, 0.5) is 5.69 Å². The van der Waals surface area contributed by atoms with E-state index in [4.69, 9.17) is 28.3 Å². The van der Waals surface area contributed by atoms with Gasteiger partial charge >= 0.3 is 5.97 Å². The molecule has 0 saturated heterocycles. The molecule has 0 spiro atoms. The van der Waals surface area contributed by atoms with Crippen LogP contribution in [0.3, 0.4) is 0 Å². The molecule has 0 fully saturated rings. The molecule has 0 atom stereocenters. The van der Waals surface area contributed by atoms with Crippen molar-refractivity contribution in [2.75, 3.05) is 11.9 Å². The SMILES string of the molecule is CC(C)NCC(=O)Nc1c(Cl)cc(Cl)cc1C(=O)O. The zero-order chi connectivity index (χ0) is 14.6. The van der Waals surface area contributed by atoms with Gasteiger partial charge in [0.1, 0.15) is 0 Å². The van der Waals surface area contributed by atoms with Crippen LogP contribution in [0.5, 0.6) is 0 Å². The molecule has 19 heavy (non-hydrogen) atoms. The minimum absolute atomic E-state index is 0.0501. The van der Waals surface area contributed by atoms with Crippen LogP contribution in [0.15, 0.2) is 12.1 Å². The van der Waals surface area contributed by atoms with Crippen molar-refractivity contribution >= 4 is 40.8 Å². The van der Waals surface area contributed by atoms with Gasteiger partial charge in [-0.25, -0.2) is 4.79 Å². The molecule has 1 amide bonds. The fraction of sp³-hybridized carbons (Fsp3) is 0.333. The van der Waals surface area contributed by atoms with Gasteiger partial charge in [0.25, 0.3) is 0 Å². The van der Waals surface area contributed by atoms with Crippen molar-refractivity contribution < 1.29 is 14.7 Å². The molecule has 3 N–H and O–H groups in total. The van der Waals surface area contributed by atoms with Gasteiger partial charge in [-0.1, -0.05) is 37.0 Å². The summed E-state index contributed by atoms with van der Waals surface area (Å²) >= 11 is 11.6. The molecule has 0 aliphatic rings. The van der Waals surface area contributed by atoms with E-state index in [0.717, 1.165) is 0 Å². The molecule has 104 valence electrons. The van der Waals surface area contributed by atoms with Gasteiger partial charge in [-0.3, -0.25) is 4.79 Å². The first-order chi connectivity index (χ1) is 8.81. The van der Waals surface area contributed by atoms with E-state index in [0.29, 0.717) is 0 Å². The number of carboxylic acids is 1. The van der Waals surface area contributed by atoms with Gasteiger partial charge in [-0.15, -0.1) is 0 Å². The van der Waals surface area contributed by atoms with E-state index in [1.54, 1.807) is 0 Å². The van der Waals surface area contributed by atoms with Gasteiger partial charge in [0.05, 0.1) is 22.8 Å². The largest absolute Gasteiger partial charge is 0.478 e. The fourth-order valence-corrected chi connectivity index (χ4v) is 1.89. The molecule has 0 bridgehead atoms. The quantitative estimate of drug-likeness (QED) is 0.781. The lowest BCUT2D eigenvalue weighted by atomic mass is 10.1. The van der Waals surface area contributed by atoms with Crippen molar-refractivity contribution in [3.63, 3.8) is 0 Å². The third kappa shape index (κ3) is 4.70. The monoisotopic (exact) mass is 304 g/mol. The molecule has 7 heteroatoms. The number of carbonyl (C=O) groups excluding carboxylic acids is 1. The third-order valence-corrected chi connectivity index (χ3v) is 2.74. The maximum absolute atomic E-state index is 11.7. The smallest absolute Gasteiger partial charge is 0.337 e. The summed E-state index contributed by atoms with van der Waals surface area (Å²) in [6, 6.07) is 2.76. The maximum Gasteiger partial charge on any atom is 0.337 e. The number of hydrogen-bond acceptors (Lipinski definition) is 3. The Morgan fingerprint density at radius 3 is 2.47 bits per heavy atom. The highest BCUT2D eigenvalue weighted by molar-refractivity contribution is 6.37. The number of carboxylic acid groups (broad SMARTS) is 1. The summed E-state index contributed by atoms with van der Waals surface area (Å²) in [5, 5.41) is 14.7. The average Bonchev–Trinajstić information content (AvgIpc) is 2.29. The summed E-state index contributed by atoms with van der Waals surface area (Å²) in [4.78, 5) is 22.8. The summed E-state index contributed by atoms with van der Waals surface area (Å²) in [6.45, 7) is 3.85. The minimum atomic E-state index is -1.21. The Morgan fingerprint density at radius 2 is 1.95 bits per heavy atom. The van der Waals surface area contributed by atoms with Gasteiger partial charge in [-0.05, 0) is 12.1 Å². The van der Waals surface area contributed by atoms with Crippen molar-refractivity contribution in [2.24, 2.45) is 0 Å². The highest BCUT2D eigenvalue weighted by atomic mass is 35.5. The summed E-state index contributed by atoms with van der Waals surface area (Å²) in [6.07, 6.45) is 0. The first-order valence-electron chi connectivity index (χ1n) is 5.57. The number of carbonyl (C=O) groups is 2. The number of amides is 1. The Labute approximate surface area is 120 Å². The number of halogens is 2. The maximum atomic E-state index is 11.7. The number of hydrogen-bond donors (Lipinski definition) is 3. The summed E-state index contributed by atoms with van der Waals surface area (Å²) in [5.41, 5.74) is -0.0930. The van der Waals surface area contributed by atoms with E-state index >= 15 is 0 Å². The van der Waals surface area contributed by atoms with Crippen molar-refractivity contribution in [1.29, 1.82) is 0 Å². The molecule has 0 unspecified atom stereocenters.